The molecule has 1 N–H and O–H groups in total. The van der Waals surface area contributed by atoms with E-state index in [1.807, 2.05) is 18.7 Å². The van der Waals surface area contributed by atoms with Crippen molar-refractivity contribution in [1.29, 1.82) is 0 Å². The summed E-state index contributed by atoms with van der Waals surface area (Å²) in [5.74, 6) is -0.838. The fraction of sp³-hybridized carbons (Fsp3) is 0.917. The summed E-state index contributed by atoms with van der Waals surface area (Å²) in [5, 5.41) is 8.51. The summed E-state index contributed by atoms with van der Waals surface area (Å²) in [6, 6.07) is -0.154. The lowest BCUT2D eigenvalue weighted by Crippen LogP contribution is -2.48. The van der Waals surface area contributed by atoms with Crippen LogP contribution in [0.1, 0.15) is 39.5 Å². The molecule has 0 radical (unpaired) electrons. The Balaban J connectivity index is 2.84. The molecule has 3 atom stereocenters. The van der Waals surface area contributed by atoms with Crippen molar-refractivity contribution in [2.75, 3.05) is 12.8 Å². The van der Waals surface area contributed by atoms with Crippen LogP contribution in [0.2, 0.25) is 0 Å². The maximum Gasteiger partial charge on any atom is 0.304 e. The average molecular weight is 277 g/mol. The first-order chi connectivity index (χ1) is 8.27. The highest BCUT2D eigenvalue weighted by atomic mass is 32.2. The summed E-state index contributed by atoms with van der Waals surface area (Å²) in [6.45, 7) is 4.50. The maximum atomic E-state index is 11.8. The highest BCUT2D eigenvalue weighted by Crippen LogP contribution is 2.30. The van der Waals surface area contributed by atoms with Crippen LogP contribution in [0, 0.1) is 0 Å². The van der Waals surface area contributed by atoms with Gasteiger partial charge in [0.15, 0.2) is 9.84 Å². The third-order valence-electron chi connectivity index (χ3n) is 3.79. The first-order valence-electron chi connectivity index (χ1n) is 6.43. The predicted octanol–water partition coefficient (Wildman–Crippen LogP) is 1.14. The largest absolute Gasteiger partial charge is 0.481 e. The molecule has 0 aromatic heterocycles. The number of carboxylic acids is 1. The Morgan fingerprint density at radius 2 is 2.06 bits per heavy atom. The summed E-state index contributed by atoms with van der Waals surface area (Å²) < 4.78 is 23.5. The standard InChI is InChI=1S/C12H23NO4S/c1-4-13(9(2)8-12(14)15)10-6-5-7-11(10)18(3,16)17/h9-11H,4-8H2,1-3H3,(H,14,15). The number of carboxylic acid groups (broad SMARTS) is 1. The van der Waals surface area contributed by atoms with Gasteiger partial charge in [-0.15, -0.1) is 0 Å². The van der Waals surface area contributed by atoms with Gasteiger partial charge < -0.3 is 5.11 Å². The van der Waals surface area contributed by atoms with Crippen molar-refractivity contribution in [3.8, 4) is 0 Å². The topological polar surface area (TPSA) is 74.7 Å². The molecular formula is C12H23NO4S. The molecule has 0 heterocycles. The summed E-state index contributed by atoms with van der Waals surface area (Å²) in [7, 11) is -3.06. The van der Waals surface area contributed by atoms with E-state index >= 15 is 0 Å². The van der Waals surface area contributed by atoms with Crippen molar-refractivity contribution >= 4 is 15.8 Å². The molecule has 1 fully saturated rings. The van der Waals surface area contributed by atoms with Gasteiger partial charge in [0.2, 0.25) is 0 Å². The molecule has 106 valence electrons. The molecule has 5 nitrogen and oxygen atoms in total. The lowest BCUT2D eigenvalue weighted by molar-refractivity contribution is -0.138. The molecule has 0 amide bonds. The lowest BCUT2D eigenvalue weighted by Gasteiger charge is -2.35. The van der Waals surface area contributed by atoms with E-state index in [0.29, 0.717) is 13.0 Å². The highest BCUT2D eigenvalue weighted by Gasteiger charge is 2.39. The summed E-state index contributed by atoms with van der Waals surface area (Å²) in [4.78, 5) is 12.8. The Morgan fingerprint density at radius 3 is 2.50 bits per heavy atom. The fourth-order valence-electron chi connectivity index (χ4n) is 3.03. The second-order valence-corrected chi connectivity index (χ2v) is 7.41. The molecule has 6 heteroatoms. The van der Waals surface area contributed by atoms with Crippen molar-refractivity contribution in [3.63, 3.8) is 0 Å². The van der Waals surface area contributed by atoms with Gasteiger partial charge in [-0.1, -0.05) is 13.3 Å². The molecular weight excluding hydrogens is 254 g/mol. The maximum absolute atomic E-state index is 11.8. The van der Waals surface area contributed by atoms with Gasteiger partial charge >= 0.3 is 5.97 Å². The van der Waals surface area contributed by atoms with Crippen LogP contribution in [0.25, 0.3) is 0 Å². The number of hydrogen-bond acceptors (Lipinski definition) is 4. The molecule has 0 saturated heterocycles. The Kier molecular flexibility index (Phi) is 5.16. The first-order valence-corrected chi connectivity index (χ1v) is 8.39. The van der Waals surface area contributed by atoms with Gasteiger partial charge in [-0.2, -0.15) is 0 Å². The Morgan fingerprint density at radius 1 is 1.44 bits per heavy atom. The van der Waals surface area contributed by atoms with E-state index in [9.17, 15) is 13.2 Å². The van der Waals surface area contributed by atoms with Crippen molar-refractivity contribution in [2.45, 2.75) is 56.9 Å². The quantitative estimate of drug-likeness (QED) is 0.788. The third kappa shape index (κ3) is 3.68. The normalized spacial score (nSPS) is 26.4. The van der Waals surface area contributed by atoms with E-state index in [2.05, 4.69) is 0 Å². The molecule has 0 spiro atoms. The lowest BCUT2D eigenvalue weighted by atomic mass is 10.1. The first kappa shape index (κ1) is 15.4. The van der Waals surface area contributed by atoms with Crippen LogP contribution < -0.4 is 0 Å². The zero-order chi connectivity index (χ0) is 13.9. The Bertz CT molecular complexity index is 393. The smallest absolute Gasteiger partial charge is 0.304 e. The van der Waals surface area contributed by atoms with E-state index in [1.54, 1.807) is 0 Å². The zero-order valence-corrected chi connectivity index (χ0v) is 12.1. The monoisotopic (exact) mass is 277 g/mol. The van der Waals surface area contributed by atoms with Crippen LogP contribution in [0.4, 0.5) is 0 Å². The van der Waals surface area contributed by atoms with Crippen molar-refractivity contribution in [3.05, 3.63) is 0 Å². The van der Waals surface area contributed by atoms with Crippen LogP contribution in [0.5, 0.6) is 0 Å². The van der Waals surface area contributed by atoms with Crippen LogP contribution in [0.15, 0.2) is 0 Å². The molecule has 1 saturated carbocycles. The van der Waals surface area contributed by atoms with Crippen LogP contribution in [0.3, 0.4) is 0 Å². The molecule has 3 unspecified atom stereocenters. The molecule has 1 aliphatic carbocycles. The molecule has 1 aliphatic rings. The third-order valence-corrected chi connectivity index (χ3v) is 5.44. The zero-order valence-electron chi connectivity index (χ0n) is 11.3. The second kappa shape index (κ2) is 6.02. The van der Waals surface area contributed by atoms with E-state index in [1.165, 1.54) is 6.26 Å². The number of nitrogens with zero attached hydrogens (tertiary/aromatic N) is 1. The highest BCUT2D eigenvalue weighted by molar-refractivity contribution is 7.91. The Labute approximate surface area is 109 Å². The van der Waals surface area contributed by atoms with Crippen molar-refractivity contribution in [2.24, 2.45) is 0 Å². The van der Waals surface area contributed by atoms with E-state index in [-0.39, 0.29) is 23.8 Å². The van der Waals surface area contributed by atoms with Gasteiger partial charge in [-0.05, 0) is 26.3 Å². The van der Waals surface area contributed by atoms with Crippen LogP contribution in [-0.4, -0.2) is 54.5 Å². The molecule has 0 aromatic carbocycles. The molecule has 0 aliphatic heterocycles. The number of carbonyl (C=O) groups is 1. The van der Waals surface area contributed by atoms with Gasteiger partial charge in [0.05, 0.1) is 11.7 Å². The second-order valence-electron chi connectivity index (χ2n) is 5.14. The molecule has 18 heavy (non-hydrogen) atoms. The summed E-state index contributed by atoms with van der Waals surface area (Å²) in [6.07, 6.45) is 3.78. The van der Waals surface area contributed by atoms with E-state index in [4.69, 9.17) is 5.11 Å². The van der Waals surface area contributed by atoms with E-state index in [0.717, 1.165) is 12.8 Å². The minimum atomic E-state index is -3.06. The van der Waals surface area contributed by atoms with E-state index < -0.39 is 15.8 Å². The predicted molar refractivity (Wildman–Crippen MR) is 70.4 cm³/mol. The SMILES string of the molecule is CCN(C(C)CC(=O)O)C1CCCC1S(C)(=O)=O. The van der Waals surface area contributed by atoms with Gasteiger partial charge in [-0.25, -0.2) is 8.42 Å². The molecule has 0 bridgehead atoms. The number of sulfone groups is 1. The van der Waals surface area contributed by atoms with Crippen molar-refractivity contribution in [1.82, 2.24) is 4.90 Å². The molecule has 1 rings (SSSR count). The summed E-state index contributed by atoms with van der Waals surface area (Å²) in [5.41, 5.74) is 0. The molecule has 0 aromatic rings. The number of aliphatic carboxylic acids is 1. The minimum absolute atomic E-state index is 0.0284. The Hall–Kier alpha value is -0.620. The van der Waals surface area contributed by atoms with Crippen LogP contribution >= 0.6 is 0 Å². The van der Waals surface area contributed by atoms with Crippen molar-refractivity contribution < 1.29 is 18.3 Å². The van der Waals surface area contributed by atoms with Gasteiger partial charge in [0.1, 0.15) is 0 Å². The fourth-order valence-corrected chi connectivity index (χ4v) is 4.49. The minimum Gasteiger partial charge on any atom is -0.481 e. The van der Waals surface area contributed by atoms with Gasteiger partial charge in [0.25, 0.3) is 0 Å². The van der Waals surface area contributed by atoms with Gasteiger partial charge in [-0.3, -0.25) is 9.69 Å². The van der Waals surface area contributed by atoms with Gasteiger partial charge in [0, 0.05) is 18.3 Å². The number of hydrogen-bond donors (Lipinski definition) is 1. The summed E-state index contributed by atoms with van der Waals surface area (Å²) >= 11 is 0. The van der Waals surface area contributed by atoms with Crippen LogP contribution in [-0.2, 0) is 14.6 Å². The average Bonchev–Trinajstić information content (AvgIpc) is 2.65. The number of rotatable bonds is 6.